The van der Waals surface area contributed by atoms with E-state index in [4.69, 9.17) is 9.15 Å². The van der Waals surface area contributed by atoms with Crippen LogP contribution in [-0.4, -0.2) is 38.2 Å². The van der Waals surface area contributed by atoms with E-state index in [2.05, 4.69) is 20.3 Å². The van der Waals surface area contributed by atoms with Crippen molar-refractivity contribution in [1.82, 2.24) is 25.0 Å². The molecule has 1 fully saturated rings. The van der Waals surface area contributed by atoms with Crippen LogP contribution in [0.5, 0.6) is 0 Å². The van der Waals surface area contributed by atoms with Gasteiger partial charge in [-0.15, -0.1) is 10.2 Å². The Hall–Kier alpha value is -2.54. The van der Waals surface area contributed by atoms with Crippen LogP contribution >= 0.6 is 0 Å². The molecule has 0 spiro atoms. The SMILES string of the molecule is Cc1c(-c2nnc(C3CCCOC3)o2)cnn1-c1ccncc1. The van der Waals surface area contributed by atoms with Crippen LogP contribution in [0.1, 0.15) is 30.3 Å². The molecular formula is C16H17N5O2. The highest BCUT2D eigenvalue weighted by Crippen LogP contribution is 2.29. The summed E-state index contributed by atoms with van der Waals surface area (Å²) in [5, 5.41) is 12.8. The predicted octanol–water partition coefficient (Wildman–Crippen LogP) is 2.52. The van der Waals surface area contributed by atoms with Gasteiger partial charge in [-0.25, -0.2) is 4.68 Å². The van der Waals surface area contributed by atoms with Crippen LogP contribution in [-0.2, 0) is 4.74 Å². The molecule has 3 aromatic rings. The number of ether oxygens (including phenoxy) is 1. The van der Waals surface area contributed by atoms with Crippen molar-refractivity contribution in [2.45, 2.75) is 25.7 Å². The van der Waals surface area contributed by atoms with Gasteiger partial charge in [-0.3, -0.25) is 4.98 Å². The Kier molecular flexibility index (Phi) is 3.63. The Balaban J connectivity index is 1.64. The smallest absolute Gasteiger partial charge is 0.251 e. The third kappa shape index (κ3) is 2.63. The van der Waals surface area contributed by atoms with Crippen LogP contribution in [0.2, 0.25) is 0 Å². The Morgan fingerprint density at radius 3 is 2.87 bits per heavy atom. The first-order valence-electron chi connectivity index (χ1n) is 7.69. The van der Waals surface area contributed by atoms with Gasteiger partial charge in [0.1, 0.15) is 0 Å². The highest BCUT2D eigenvalue weighted by Gasteiger charge is 2.23. The average molecular weight is 311 g/mol. The van der Waals surface area contributed by atoms with Crippen LogP contribution in [0.3, 0.4) is 0 Å². The molecule has 4 heterocycles. The Labute approximate surface area is 133 Å². The van der Waals surface area contributed by atoms with Gasteiger partial charge in [0.25, 0.3) is 5.89 Å². The lowest BCUT2D eigenvalue weighted by molar-refractivity contribution is 0.0727. The maximum absolute atomic E-state index is 5.87. The first-order valence-corrected chi connectivity index (χ1v) is 7.69. The van der Waals surface area contributed by atoms with E-state index < -0.39 is 0 Å². The van der Waals surface area contributed by atoms with Crippen molar-refractivity contribution in [3.8, 4) is 17.1 Å². The topological polar surface area (TPSA) is 78.9 Å². The maximum Gasteiger partial charge on any atom is 0.251 e. The first kappa shape index (κ1) is 14.1. The zero-order valence-corrected chi connectivity index (χ0v) is 12.8. The minimum absolute atomic E-state index is 0.195. The molecule has 4 rings (SSSR count). The summed E-state index contributed by atoms with van der Waals surface area (Å²) in [4.78, 5) is 4.03. The quantitative estimate of drug-likeness (QED) is 0.739. The summed E-state index contributed by atoms with van der Waals surface area (Å²) in [6, 6.07) is 3.81. The minimum atomic E-state index is 0.195. The molecule has 1 unspecified atom stereocenters. The standard InChI is InChI=1S/C16H17N5O2/c1-11-14(9-18-21(11)13-4-6-17-7-5-13)16-20-19-15(23-16)12-3-2-8-22-10-12/h4-7,9,12H,2-3,8,10H2,1H3. The molecule has 0 radical (unpaired) electrons. The summed E-state index contributed by atoms with van der Waals surface area (Å²) in [5.41, 5.74) is 2.74. The minimum Gasteiger partial charge on any atom is -0.420 e. The fourth-order valence-electron chi connectivity index (χ4n) is 2.81. The van der Waals surface area contributed by atoms with Crippen molar-refractivity contribution in [3.05, 3.63) is 42.3 Å². The lowest BCUT2D eigenvalue weighted by Gasteiger charge is -2.18. The molecule has 1 saturated heterocycles. The zero-order valence-electron chi connectivity index (χ0n) is 12.8. The summed E-state index contributed by atoms with van der Waals surface area (Å²) >= 11 is 0. The van der Waals surface area contributed by atoms with E-state index in [0.717, 1.165) is 36.4 Å². The van der Waals surface area contributed by atoms with E-state index in [-0.39, 0.29) is 5.92 Å². The summed E-state index contributed by atoms with van der Waals surface area (Å²) in [5.74, 6) is 1.35. The van der Waals surface area contributed by atoms with Crippen LogP contribution in [0.4, 0.5) is 0 Å². The third-order valence-corrected chi connectivity index (χ3v) is 4.10. The fraction of sp³-hybridized carbons (Fsp3) is 0.375. The van der Waals surface area contributed by atoms with Crippen molar-refractivity contribution in [3.63, 3.8) is 0 Å². The van der Waals surface area contributed by atoms with Crippen molar-refractivity contribution in [1.29, 1.82) is 0 Å². The van der Waals surface area contributed by atoms with Gasteiger partial charge in [-0.2, -0.15) is 5.10 Å². The van der Waals surface area contributed by atoms with Crippen LogP contribution in [0, 0.1) is 6.92 Å². The highest BCUT2D eigenvalue weighted by atomic mass is 16.5. The van der Waals surface area contributed by atoms with E-state index in [0.29, 0.717) is 18.4 Å². The maximum atomic E-state index is 5.87. The van der Waals surface area contributed by atoms with E-state index in [1.165, 1.54) is 0 Å². The predicted molar refractivity (Wildman–Crippen MR) is 82.2 cm³/mol. The van der Waals surface area contributed by atoms with Gasteiger partial charge >= 0.3 is 0 Å². The molecular weight excluding hydrogens is 294 g/mol. The van der Waals surface area contributed by atoms with E-state index in [9.17, 15) is 0 Å². The van der Waals surface area contributed by atoms with Gasteiger partial charge in [0.2, 0.25) is 5.89 Å². The number of hydrogen-bond donors (Lipinski definition) is 0. The second kappa shape index (κ2) is 5.92. The fourth-order valence-corrected chi connectivity index (χ4v) is 2.81. The lowest BCUT2D eigenvalue weighted by atomic mass is 10.0. The molecule has 0 aromatic carbocycles. The van der Waals surface area contributed by atoms with Crippen molar-refractivity contribution < 1.29 is 9.15 Å². The van der Waals surface area contributed by atoms with E-state index in [1.54, 1.807) is 18.6 Å². The average Bonchev–Trinajstić information content (AvgIpc) is 3.23. The van der Waals surface area contributed by atoms with E-state index >= 15 is 0 Å². The van der Waals surface area contributed by atoms with Gasteiger partial charge in [0.05, 0.1) is 35.7 Å². The molecule has 0 saturated carbocycles. The second-order valence-corrected chi connectivity index (χ2v) is 5.62. The van der Waals surface area contributed by atoms with Crippen molar-refractivity contribution in [2.75, 3.05) is 13.2 Å². The molecule has 0 bridgehead atoms. The van der Waals surface area contributed by atoms with Gasteiger partial charge in [-0.05, 0) is 31.9 Å². The Morgan fingerprint density at radius 2 is 2.09 bits per heavy atom. The molecule has 23 heavy (non-hydrogen) atoms. The number of pyridine rings is 1. The van der Waals surface area contributed by atoms with Crippen LogP contribution in [0.15, 0.2) is 35.1 Å². The number of rotatable bonds is 3. The normalized spacial score (nSPS) is 18.2. The molecule has 7 heteroatoms. The van der Waals surface area contributed by atoms with Crippen LogP contribution in [0.25, 0.3) is 17.1 Å². The number of nitrogens with zero attached hydrogens (tertiary/aromatic N) is 5. The molecule has 1 aliphatic rings. The Bertz CT molecular complexity index is 790. The molecule has 0 N–H and O–H groups in total. The summed E-state index contributed by atoms with van der Waals surface area (Å²) in [6.07, 6.45) is 7.29. The van der Waals surface area contributed by atoms with Gasteiger partial charge in [0, 0.05) is 19.0 Å². The molecule has 7 nitrogen and oxygen atoms in total. The number of aromatic nitrogens is 5. The summed E-state index contributed by atoms with van der Waals surface area (Å²) in [7, 11) is 0. The van der Waals surface area contributed by atoms with Gasteiger partial charge in [0.15, 0.2) is 0 Å². The molecule has 1 atom stereocenters. The molecule has 118 valence electrons. The zero-order chi connectivity index (χ0) is 15.6. The number of hydrogen-bond acceptors (Lipinski definition) is 6. The Morgan fingerprint density at radius 1 is 1.22 bits per heavy atom. The van der Waals surface area contributed by atoms with Crippen LogP contribution < -0.4 is 0 Å². The molecule has 1 aliphatic heterocycles. The molecule has 3 aromatic heterocycles. The summed E-state index contributed by atoms with van der Waals surface area (Å²) < 4.78 is 13.2. The molecule has 0 aliphatic carbocycles. The summed E-state index contributed by atoms with van der Waals surface area (Å²) in [6.45, 7) is 3.45. The third-order valence-electron chi connectivity index (χ3n) is 4.10. The van der Waals surface area contributed by atoms with Gasteiger partial charge < -0.3 is 9.15 Å². The van der Waals surface area contributed by atoms with Gasteiger partial charge in [-0.1, -0.05) is 0 Å². The lowest BCUT2D eigenvalue weighted by Crippen LogP contribution is -2.15. The first-order chi connectivity index (χ1) is 11.3. The highest BCUT2D eigenvalue weighted by molar-refractivity contribution is 5.56. The monoisotopic (exact) mass is 311 g/mol. The second-order valence-electron chi connectivity index (χ2n) is 5.62. The largest absolute Gasteiger partial charge is 0.420 e. The molecule has 0 amide bonds. The van der Waals surface area contributed by atoms with Crippen molar-refractivity contribution in [2.24, 2.45) is 0 Å². The van der Waals surface area contributed by atoms with Crippen molar-refractivity contribution >= 4 is 0 Å². The van der Waals surface area contributed by atoms with E-state index in [1.807, 2.05) is 23.7 Å².